The minimum Gasteiger partial charge on any atom is -0.494 e. The van der Waals surface area contributed by atoms with Gasteiger partial charge in [-0.1, -0.05) is 0 Å². The Kier molecular flexibility index (Phi) is 5.89. The molecule has 0 unspecified atom stereocenters. The highest BCUT2D eigenvalue weighted by Gasteiger charge is 2.09. The van der Waals surface area contributed by atoms with Gasteiger partial charge in [0.05, 0.1) is 6.61 Å². The number of aryl methyl sites for hydroxylation is 1. The van der Waals surface area contributed by atoms with Crippen molar-refractivity contribution in [3.8, 4) is 11.5 Å². The van der Waals surface area contributed by atoms with E-state index in [0.29, 0.717) is 35.7 Å². The monoisotopic (exact) mass is 380 g/mol. The summed E-state index contributed by atoms with van der Waals surface area (Å²) in [7, 11) is 0. The van der Waals surface area contributed by atoms with Crippen molar-refractivity contribution < 1.29 is 23.5 Å². The van der Waals surface area contributed by atoms with Gasteiger partial charge in [-0.25, -0.2) is 4.79 Å². The van der Waals surface area contributed by atoms with Crippen LogP contribution >= 0.6 is 0 Å². The van der Waals surface area contributed by atoms with E-state index in [2.05, 4.69) is 0 Å². The Morgan fingerprint density at radius 1 is 1.00 bits per heavy atom. The molecule has 1 aromatic heterocycles. The van der Waals surface area contributed by atoms with Crippen molar-refractivity contribution in [3.05, 3.63) is 70.1 Å². The number of carbonyl (C=O) groups is 2. The highest BCUT2D eigenvalue weighted by Crippen LogP contribution is 2.22. The van der Waals surface area contributed by atoms with Crippen LogP contribution in [-0.2, 0) is 4.79 Å². The summed E-state index contributed by atoms with van der Waals surface area (Å²) >= 11 is 0. The van der Waals surface area contributed by atoms with Crippen LogP contribution in [0.5, 0.6) is 11.5 Å². The number of ketones is 1. The first-order valence-corrected chi connectivity index (χ1v) is 8.91. The molecule has 0 saturated heterocycles. The summed E-state index contributed by atoms with van der Waals surface area (Å²) in [6.07, 6.45) is 0.663. The van der Waals surface area contributed by atoms with Crippen LogP contribution in [0.2, 0.25) is 0 Å². The van der Waals surface area contributed by atoms with Gasteiger partial charge in [0.1, 0.15) is 17.1 Å². The van der Waals surface area contributed by atoms with Crippen LogP contribution in [0, 0.1) is 6.92 Å². The van der Waals surface area contributed by atoms with Crippen molar-refractivity contribution >= 4 is 22.7 Å². The Hall–Kier alpha value is -3.41. The van der Waals surface area contributed by atoms with Crippen molar-refractivity contribution in [2.75, 3.05) is 6.61 Å². The Labute approximate surface area is 161 Å². The Morgan fingerprint density at radius 2 is 1.71 bits per heavy atom. The van der Waals surface area contributed by atoms with Crippen LogP contribution in [0.3, 0.4) is 0 Å². The first-order chi connectivity index (χ1) is 13.4. The molecule has 0 atom stereocenters. The van der Waals surface area contributed by atoms with E-state index in [9.17, 15) is 14.4 Å². The molecule has 0 fully saturated rings. The fourth-order valence-corrected chi connectivity index (χ4v) is 2.74. The van der Waals surface area contributed by atoms with Crippen molar-refractivity contribution in [3.63, 3.8) is 0 Å². The molecule has 1 heterocycles. The van der Waals surface area contributed by atoms with E-state index in [-0.39, 0.29) is 12.2 Å². The zero-order valence-electron chi connectivity index (χ0n) is 15.7. The van der Waals surface area contributed by atoms with E-state index < -0.39 is 11.6 Å². The lowest BCUT2D eigenvalue weighted by Gasteiger charge is -2.08. The van der Waals surface area contributed by atoms with Gasteiger partial charge in [0, 0.05) is 29.5 Å². The van der Waals surface area contributed by atoms with E-state index in [0.717, 1.165) is 10.9 Å². The SMILES string of the molecule is CC(=O)c1ccc(OCCCC(=O)Oc2ccc3c(C)cc(=O)oc3c2)cc1. The van der Waals surface area contributed by atoms with Crippen LogP contribution in [0.15, 0.2) is 57.7 Å². The van der Waals surface area contributed by atoms with Gasteiger partial charge < -0.3 is 13.9 Å². The molecule has 0 radical (unpaired) electrons. The summed E-state index contributed by atoms with van der Waals surface area (Å²) in [6.45, 7) is 3.67. The molecule has 28 heavy (non-hydrogen) atoms. The summed E-state index contributed by atoms with van der Waals surface area (Å²) in [5.41, 5.74) is 1.37. The smallest absolute Gasteiger partial charge is 0.336 e. The fraction of sp³-hybridized carbons (Fsp3) is 0.227. The van der Waals surface area contributed by atoms with E-state index in [1.54, 1.807) is 36.4 Å². The maximum atomic E-state index is 12.0. The van der Waals surface area contributed by atoms with Crippen LogP contribution < -0.4 is 15.1 Å². The molecule has 6 heteroatoms. The van der Waals surface area contributed by atoms with Crippen LogP contribution in [0.1, 0.15) is 35.7 Å². The van der Waals surface area contributed by atoms with Crippen molar-refractivity contribution in [2.45, 2.75) is 26.7 Å². The minimum absolute atomic E-state index is 0.00239. The van der Waals surface area contributed by atoms with Crippen molar-refractivity contribution in [2.24, 2.45) is 0 Å². The second kappa shape index (κ2) is 8.52. The predicted octanol–water partition coefficient (Wildman–Crippen LogP) is 4.07. The molecule has 3 aromatic rings. The van der Waals surface area contributed by atoms with Crippen LogP contribution in [-0.4, -0.2) is 18.4 Å². The number of esters is 1. The molecular weight excluding hydrogens is 360 g/mol. The number of ether oxygens (including phenoxy) is 2. The lowest BCUT2D eigenvalue weighted by atomic mass is 10.1. The second-order valence-corrected chi connectivity index (χ2v) is 6.41. The standard InChI is InChI=1S/C22H20O6/c1-14-12-22(25)28-20-13-18(9-10-19(14)20)27-21(24)4-3-11-26-17-7-5-16(6-8-17)15(2)23/h5-10,12-13H,3-4,11H2,1-2H3. The molecular formula is C22H20O6. The largest absolute Gasteiger partial charge is 0.494 e. The molecule has 0 aliphatic carbocycles. The van der Waals surface area contributed by atoms with Crippen LogP contribution in [0.25, 0.3) is 11.0 Å². The third-order valence-corrected chi connectivity index (χ3v) is 4.21. The molecule has 0 amide bonds. The van der Waals surface area contributed by atoms with E-state index in [1.807, 2.05) is 6.92 Å². The highest BCUT2D eigenvalue weighted by atomic mass is 16.5. The summed E-state index contributed by atoms with van der Waals surface area (Å²) < 4.78 is 16.0. The maximum absolute atomic E-state index is 12.0. The lowest BCUT2D eigenvalue weighted by Crippen LogP contribution is -2.10. The molecule has 0 N–H and O–H groups in total. The molecule has 0 bridgehead atoms. The molecule has 0 aliphatic heterocycles. The number of hydrogen-bond acceptors (Lipinski definition) is 6. The Bertz CT molecular complexity index is 1060. The van der Waals surface area contributed by atoms with Gasteiger partial charge in [-0.2, -0.15) is 0 Å². The van der Waals surface area contributed by atoms with Gasteiger partial charge in [0.25, 0.3) is 0 Å². The first-order valence-electron chi connectivity index (χ1n) is 8.91. The van der Waals surface area contributed by atoms with Gasteiger partial charge in [0.15, 0.2) is 5.78 Å². The van der Waals surface area contributed by atoms with Gasteiger partial charge in [-0.15, -0.1) is 0 Å². The van der Waals surface area contributed by atoms with E-state index in [1.165, 1.54) is 19.1 Å². The molecule has 0 spiro atoms. The summed E-state index contributed by atoms with van der Waals surface area (Å²) in [5.74, 6) is 0.563. The van der Waals surface area contributed by atoms with Gasteiger partial charge in [-0.3, -0.25) is 9.59 Å². The topological polar surface area (TPSA) is 82.8 Å². The lowest BCUT2D eigenvalue weighted by molar-refractivity contribution is -0.134. The van der Waals surface area contributed by atoms with Crippen molar-refractivity contribution in [1.82, 2.24) is 0 Å². The van der Waals surface area contributed by atoms with Gasteiger partial charge >= 0.3 is 11.6 Å². The number of fused-ring (bicyclic) bond motifs is 1. The van der Waals surface area contributed by atoms with Crippen LogP contribution in [0.4, 0.5) is 0 Å². The van der Waals surface area contributed by atoms with Crippen molar-refractivity contribution in [1.29, 1.82) is 0 Å². The number of rotatable bonds is 7. The normalized spacial score (nSPS) is 10.6. The molecule has 3 rings (SSSR count). The molecule has 0 aliphatic rings. The summed E-state index contributed by atoms with van der Waals surface area (Å²) in [4.78, 5) is 34.7. The fourth-order valence-electron chi connectivity index (χ4n) is 2.74. The zero-order valence-corrected chi connectivity index (χ0v) is 15.7. The van der Waals surface area contributed by atoms with Gasteiger partial charge in [0.2, 0.25) is 0 Å². The number of hydrogen-bond donors (Lipinski definition) is 0. The summed E-state index contributed by atoms with van der Waals surface area (Å²) in [5, 5.41) is 0.795. The maximum Gasteiger partial charge on any atom is 0.336 e. The first kappa shape index (κ1) is 19.4. The average molecular weight is 380 g/mol. The number of benzene rings is 2. The highest BCUT2D eigenvalue weighted by molar-refractivity contribution is 5.94. The molecule has 2 aromatic carbocycles. The van der Waals surface area contributed by atoms with Gasteiger partial charge in [-0.05, 0) is 62.2 Å². The molecule has 6 nitrogen and oxygen atoms in total. The van der Waals surface area contributed by atoms with E-state index >= 15 is 0 Å². The molecule has 0 saturated carbocycles. The molecule has 144 valence electrons. The predicted molar refractivity (Wildman–Crippen MR) is 104 cm³/mol. The van der Waals surface area contributed by atoms with E-state index in [4.69, 9.17) is 13.9 Å². The zero-order chi connectivity index (χ0) is 20.1. The number of carbonyl (C=O) groups excluding carboxylic acids is 2. The third-order valence-electron chi connectivity index (χ3n) is 4.21. The quantitative estimate of drug-likeness (QED) is 0.202. The third kappa shape index (κ3) is 4.85. The Morgan fingerprint density at radius 3 is 2.43 bits per heavy atom. The Balaban J connectivity index is 1.49. The number of Topliss-reactive ketones (excluding diaryl/α,β-unsaturated/α-hetero) is 1. The average Bonchev–Trinajstić information content (AvgIpc) is 2.65. The minimum atomic E-state index is -0.443. The second-order valence-electron chi connectivity index (χ2n) is 6.41. The summed E-state index contributed by atoms with van der Waals surface area (Å²) in [6, 6.07) is 13.2.